The van der Waals surface area contributed by atoms with Gasteiger partial charge in [-0.25, -0.2) is 9.78 Å². The first-order valence-corrected chi connectivity index (χ1v) is 10.5. The molecule has 144 valence electrons. The summed E-state index contributed by atoms with van der Waals surface area (Å²) in [5.74, 6) is -0.393. The number of thiazole rings is 1. The van der Waals surface area contributed by atoms with Crippen LogP contribution in [-0.2, 0) is 17.6 Å². The third kappa shape index (κ3) is 5.63. The number of rotatable bonds is 8. The van der Waals surface area contributed by atoms with Crippen molar-refractivity contribution in [3.63, 3.8) is 0 Å². The van der Waals surface area contributed by atoms with Crippen molar-refractivity contribution in [2.45, 2.75) is 57.3 Å². The second-order valence-corrected chi connectivity index (χ2v) is 8.01. The van der Waals surface area contributed by atoms with Crippen LogP contribution in [0.1, 0.15) is 71.1 Å². The van der Waals surface area contributed by atoms with Gasteiger partial charge in [0.25, 0.3) is 0 Å². The smallest absolute Gasteiger partial charge is 0.335 e. The number of carbonyl (C=O) groups is 2. The van der Waals surface area contributed by atoms with Crippen LogP contribution in [0.3, 0.4) is 0 Å². The number of aryl methyl sites for hydroxylation is 1. The summed E-state index contributed by atoms with van der Waals surface area (Å²) in [6, 6.07) is 6.83. The van der Waals surface area contributed by atoms with Crippen molar-refractivity contribution in [3.8, 4) is 0 Å². The maximum atomic E-state index is 12.1. The van der Waals surface area contributed by atoms with E-state index in [0.29, 0.717) is 24.4 Å². The van der Waals surface area contributed by atoms with Gasteiger partial charge in [0.2, 0.25) is 5.91 Å². The lowest BCUT2D eigenvalue weighted by molar-refractivity contribution is -0.121. The van der Waals surface area contributed by atoms with Crippen molar-refractivity contribution in [1.82, 2.24) is 10.3 Å². The molecule has 0 spiro atoms. The van der Waals surface area contributed by atoms with Gasteiger partial charge in [-0.05, 0) is 30.9 Å². The summed E-state index contributed by atoms with van der Waals surface area (Å²) in [4.78, 5) is 28.0. The van der Waals surface area contributed by atoms with E-state index < -0.39 is 5.97 Å². The zero-order valence-corrected chi connectivity index (χ0v) is 16.3. The van der Waals surface area contributed by atoms with Gasteiger partial charge in [-0.1, -0.05) is 37.5 Å². The number of aromatic nitrogens is 1. The summed E-state index contributed by atoms with van der Waals surface area (Å²) in [6.45, 7) is 0.566. The highest BCUT2D eigenvalue weighted by Gasteiger charge is 2.18. The molecule has 1 amide bonds. The Bertz CT molecular complexity index is 781. The van der Waals surface area contributed by atoms with Crippen LogP contribution in [0.5, 0.6) is 0 Å². The average Bonchev–Trinajstić information content (AvgIpc) is 3.16. The largest absolute Gasteiger partial charge is 0.478 e. The molecule has 0 saturated heterocycles. The molecule has 0 atom stereocenters. The molecule has 0 radical (unpaired) electrons. The summed E-state index contributed by atoms with van der Waals surface area (Å²) in [5, 5.41) is 15.4. The van der Waals surface area contributed by atoms with Crippen molar-refractivity contribution >= 4 is 23.2 Å². The van der Waals surface area contributed by atoms with Crippen LogP contribution in [0.15, 0.2) is 29.6 Å². The van der Waals surface area contributed by atoms with E-state index in [-0.39, 0.29) is 17.9 Å². The minimum absolute atomic E-state index is 0.0562. The van der Waals surface area contributed by atoms with E-state index in [1.165, 1.54) is 37.8 Å². The highest BCUT2D eigenvalue weighted by Crippen LogP contribution is 2.33. The Morgan fingerprint density at radius 3 is 2.70 bits per heavy atom. The molecule has 2 aromatic rings. The fourth-order valence-corrected chi connectivity index (χ4v) is 4.50. The molecule has 1 aliphatic rings. The Hall–Kier alpha value is -2.21. The third-order valence-electron chi connectivity index (χ3n) is 5.12. The molecule has 2 N–H and O–H groups in total. The standard InChI is InChI=1S/C21H26N2O3S/c24-19(11-10-15-6-4-5-9-17(15)21(25)26)22-13-12-20-23-18(14-27-20)16-7-2-1-3-8-16/h4-6,9,14,16H,1-3,7-8,10-13H2,(H,22,24)(H,25,26). The molecule has 1 heterocycles. The molecule has 1 aromatic heterocycles. The van der Waals surface area contributed by atoms with Crippen molar-refractivity contribution < 1.29 is 14.7 Å². The van der Waals surface area contributed by atoms with Crippen LogP contribution < -0.4 is 5.32 Å². The number of carbonyl (C=O) groups excluding carboxylic acids is 1. The van der Waals surface area contributed by atoms with E-state index in [1.54, 1.807) is 35.6 Å². The number of hydrogen-bond donors (Lipinski definition) is 2. The highest BCUT2D eigenvalue weighted by molar-refractivity contribution is 7.09. The third-order valence-corrected chi connectivity index (χ3v) is 6.05. The van der Waals surface area contributed by atoms with Gasteiger partial charge >= 0.3 is 5.97 Å². The van der Waals surface area contributed by atoms with E-state index in [9.17, 15) is 14.7 Å². The number of benzene rings is 1. The topological polar surface area (TPSA) is 79.3 Å². The Labute approximate surface area is 163 Å². The van der Waals surface area contributed by atoms with Crippen molar-refractivity contribution in [3.05, 3.63) is 51.5 Å². The molecule has 0 unspecified atom stereocenters. The number of nitrogens with zero attached hydrogens (tertiary/aromatic N) is 1. The molecule has 0 aliphatic heterocycles. The van der Waals surface area contributed by atoms with Crippen LogP contribution in [0.25, 0.3) is 0 Å². The second kappa shape index (κ2) is 9.65. The zero-order chi connectivity index (χ0) is 19.1. The molecular weight excluding hydrogens is 360 g/mol. The van der Waals surface area contributed by atoms with Crippen LogP contribution in [-0.4, -0.2) is 28.5 Å². The highest BCUT2D eigenvalue weighted by atomic mass is 32.1. The fraction of sp³-hybridized carbons (Fsp3) is 0.476. The van der Waals surface area contributed by atoms with Crippen LogP contribution >= 0.6 is 11.3 Å². The summed E-state index contributed by atoms with van der Waals surface area (Å²) < 4.78 is 0. The number of carboxylic acid groups (broad SMARTS) is 1. The van der Waals surface area contributed by atoms with Crippen molar-refractivity contribution in [2.24, 2.45) is 0 Å². The minimum Gasteiger partial charge on any atom is -0.478 e. The number of amides is 1. The van der Waals surface area contributed by atoms with Crippen LogP contribution in [0.2, 0.25) is 0 Å². The molecule has 1 aromatic carbocycles. The summed E-state index contributed by atoms with van der Waals surface area (Å²) in [6.07, 6.45) is 7.91. The fourth-order valence-electron chi connectivity index (χ4n) is 3.62. The molecular formula is C21H26N2O3S. The first-order chi connectivity index (χ1) is 13.1. The quantitative estimate of drug-likeness (QED) is 0.713. The monoisotopic (exact) mass is 386 g/mol. The van der Waals surface area contributed by atoms with Gasteiger partial charge in [-0.15, -0.1) is 11.3 Å². The summed E-state index contributed by atoms with van der Waals surface area (Å²) in [7, 11) is 0. The first-order valence-electron chi connectivity index (χ1n) is 9.65. The van der Waals surface area contributed by atoms with Gasteiger partial charge in [0.05, 0.1) is 16.3 Å². The van der Waals surface area contributed by atoms with Crippen LogP contribution in [0, 0.1) is 0 Å². The normalized spacial score (nSPS) is 14.8. The molecule has 1 aliphatic carbocycles. The Balaban J connectivity index is 1.41. The molecule has 5 nitrogen and oxygen atoms in total. The minimum atomic E-state index is -0.955. The van der Waals surface area contributed by atoms with Gasteiger partial charge in [-0.3, -0.25) is 4.79 Å². The second-order valence-electron chi connectivity index (χ2n) is 7.06. The molecule has 6 heteroatoms. The van der Waals surface area contributed by atoms with Gasteiger partial charge in [0.15, 0.2) is 0 Å². The molecule has 3 rings (SSSR count). The SMILES string of the molecule is O=C(CCc1ccccc1C(=O)O)NCCc1nc(C2CCCCC2)cs1. The molecule has 0 bridgehead atoms. The van der Waals surface area contributed by atoms with Gasteiger partial charge in [-0.2, -0.15) is 0 Å². The maximum absolute atomic E-state index is 12.1. The number of nitrogens with one attached hydrogen (secondary N) is 1. The number of carboxylic acids is 1. The van der Waals surface area contributed by atoms with Crippen molar-refractivity contribution in [1.29, 1.82) is 0 Å². The van der Waals surface area contributed by atoms with E-state index in [2.05, 4.69) is 10.7 Å². The first kappa shape index (κ1) is 19.5. The molecule has 1 fully saturated rings. The lowest BCUT2D eigenvalue weighted by Gasteiger charge is -2.19. The van der Waals surface area contributed by atoms with E-state index in [4.69, 9.17) is 4.98 Å². The Morgan fingerprint density at radius 2 is 1.93 bits per heavy atom. The Kier molecular flexibility index (Phi) is 6.98. The lowest BCUT2D eigenvalue weighted by atomic mass is 9.87. The van der Waals surface area contributed by atoms with E-state index >= 15 is 0 Å². The van der Waals surface area contributed by atoms with Crippen LogP contribution in [0.4, 0.5) is 0 Å². The summed E-state index contributed by atoms with van der Waals surface area (Å²) >= 11 is 1.68. The molecule has 1 saturated carbocycles. The van der Waals surface area contributed by atoms with Gasteiger partial charge in [0, 0.05) is 30.7 Å². The predicted octanol–water partition coefficient (Wildman–Crippen LogP) is 4.18. The lowest BCUT2D eigenvalue weighted by Crippen LogP contribution is -2.26. The maximum Gasteiger partial charge on any atom is 0.335 e. The predicted molar refractivity (Wildman–Crippen MR) is 106 cm³/mol. The van der Waals surface area contributed by atoms with Gasteiger partial charge < -0.3 is 10.4 Å². The van der Waals surface area contributed by atoms with E-state index in [0.717, 1.165) is 11.4 Å². The van der Waals surface area contributed by atoms with E-state index in [1.807, 2.05) is 0 Å². The molecule has 27 heavy (non-hydrogen) atoms. The zero-order valence-electron chi connectivity index (χ0n) is 15.4. The summed E-state index contributed by atoms with van der Waals surface area (Å²) in [5.41, 5.74) is 2.19. The number of hydrogen-bond acceptors (Lipinski definition) is 4. The Morgan fingerprint density at radius 1 is 1.15 bits per heavy atom. The van der Waals surface area contributed by atoms with Crippen molar-refractivity contribution in [2.75, 3.05) is 6.54 Å². The van der Waals surface area contributed by atoms with Gasteiger partial charge in [0.1, 0.15) is 0 Å². The average molecular weight is 387 g/mol. The number of aromatic carboxylic acids is 1.